The van der Waals surface area contributed by atoms with Crippen LogP contribution in [0, 0.1) is 5.92 Å². The van der Waals surface area contributed by atoms with Crippen LogP contribution in [0.15, 0.2) is 40.3 Å². The molecule has 0 radical (unpaired) electrons. The minimum Gasteiger partial charge on any atom is -0.370 e. The number of likely N-dealkylation sites (tertiary alicyclic amines) is 2. The number of fused-ring (bicyclic) bond motifs is 2. The fraction of sp³-hybridized carbons (Fsp3) is 0.630. The third kappa shape index (κ3) is 17.2. The molecule has 26 heteroatoms. The topological polar surface area (TPSA) is 401 Å². The maximum absolute atomic E-state index is 14.7. The summed E-state index contributed by atoms with van der Waals surface area (Å²) in [7, 11) is 2.83. The van der Waals surface area contributed by atoms with Crippen LogP contribution in [0.3, 0.4) is 0 Å². The van der Waals surface area contributed by atoms with E-state index in [-0.39, 0.29) is 99.3 Å². The number of rotatable bonds is 24. The zero-order valence-corrected chi connectivity index (χ0v) is 42.1. The molecule has 4 aliphatic rings. The molecule has 1 aliphatic carbocycles. The summed E-state index contributed by atoms with van der Waals surface area (Å²) in [6, 6.07) is 0.509. The summed E-state index contributed by atoms with van der Waals surface area (Å²) < 4.78 is 0. The standard InChI is InChI=1S/C46H71N15O9S2/c47-36(62)18-17-31(40(66)58-32(22-26-10-3-1-4-11-26)44(70)61-24-28-23-35(61)42(68)59-33(37(48)63)25-71-72-28)56-38(64)29(14-7-19-53-45(49)50)55-39(65)30(15-8-20-54-46(51)52)57-41(67)34-16-9-21-60(34)43(69)27-12-5-2-6-13-27/h2,5-6,12-13,26,28-35H,1,3-4,7-11,14-25H2,(H2,47,62)(H2,48,63)(H,55,65)(H,56,64)(H,57,67)(H,58,66)(H,59,68)(H4,49,50,53)(H4,51,52,54)/t28-,29+,30+,31-,32-,33-,34-,35-/m0/s1. The molecular weight excluding hydrogens is 971 g/mol. The number of hydrogen-bond donors (Lipinski definition) is 11. The molecule has 3 aliphatic heterocycles. The van der Waals surface area contributed by atoms with E-state index in [1.165, 1.54) is 31.4 Å². The second-order valence-electron chi connectivity index (χ2n) is 18.6. The van der Waals surface area contributed by atoms with Crippen molar-refractivity contribution in [2.75, 3.05) is 31.9 Å². The first-order valence-corrected chi connectivity index (χ1v) is 26.9. The van der Waals surface area contributed by atoms with E-state index in [1.807, 2.05) is 0 Å². The van der Waals surface area contributed by atoms with Gasteiger partial charge in [0.05, 0.1) is 0 Å². The van der Waals surface area contributed by atoms with Gasteiger partial charge in [0.15, 0.2) is 11.9 Å². The number of nitrogens with one attached hydrogen (secondary N) is 5. The molecule has 72 heavy (non-hydrogen) atoms. The monoisotopic (exact) mass is 1040 g/mol. The van der Waals surface area contributed by atoms with Crippen molar-refractivity contribution < 1.29 is 43.2 Å². The van der Waals surface area contributed by atoms with E-state index in [0.29, 0.717) is 31.4 Å². The fourth-order valence-corrected chi connectivity index (χ4v) is 12.2. The van der Waals surface area contributed by atoms with Crippen LogP contribution in [0.1, 0.15) is 107 Å². The second kappa shape index (κ2) is 28.1. The quantitative estimate of drug-likeness (QED) is 0.0229. The highest BCUT2D eigenvalue weighted by molar-refractivity contribution is 8.77. The average molecular weight is 1040 g/mol. The summed E-state index contributed by atoms with van der Waals surface area (Å²) in [5.74, 6) is -5.94. The van der Waals surface area contributed by atoms with Crippen LogP contribution in [-0.2, 0) is 38.4 Å². The fourth-order valence-electron chi connectivity index (χ4n) is 9.42. The van der Waals surface area contributed by atoms with Crippen LogP contribution in [0.2, 0.25) is 0 Å². The highest BCUT2D eigenvalue weighted by Crippen LogP contribution is 2.38. The van der Waals surface area contributed by atoms with Gasteiger partial charge in [-0.05, 0) is 75.8 Å². The van der Waals surface area contributed by atoms with Crippen molar-refractivity contribution in [1.82, 2.24) is 36.4 Å². The summed E-state index contributed by atoms with van der Waals surface area (Å²) in [6.07, 6.45) is 5.64. The Balaban J connectivity index is 1.38. The Kier molecular flexibility index (Phi) is 22.1. The number of carbonyl (C=O) groups excluding carboxylic acids is 9. The Morgan fingerprint density at radius 3 is 1.88 bits per heavy atom. The molecule has 0 unspecified atom stereocenters. The van der Waals surface area contributed by atoms with Gasteiger partial charge in [0.1, 0.15) is 42.3 Å². The van der Waals surface area contributed by atoms with Gasteiger partial charge in [0.25, 0.3) is 5.91 Å². The third-order valence-corrected chi connectivity index (χ3v) is 16.0. The second-order valence-corrected chi connectivity index (χ2v) is 21.3. The predicted molar refractivity (Wildman–Crippen MR) is 273 cm³/mol. The van der Waals surface area contributed by atoms with Crippen LogP contribution in [0.25, 0.3) is 0 Å². The van der Waals surface area contributed by atoms with Crippen LogP contribution < -0.4 is 61.0 Å². The molecule has 3 heterocycles. The van der Waals surface area contributed by atoms with Crippen molar-refractivity contribution in [2.45, 2.75) is 144 Å². The maximum atomic E-state index is 14.7. The Hall–Kier alpha value is -6.31. The number of guanidine groups is 2. The van der Waals surface area contributed by atoms with Crippen molar-refractivity contribution in [3.8, 4) is 0 Å². The van der Waals surface area contributed by atoms with Gasteiger partial charge in [0, 0.05) is 49.2 Å². The molecule has 2 bridgehead atoms. The van der Waals surface area contributed by atoms with Crippen molar-refractivity contribution in [3.63, 3.8) is 0 Å². The molecule has 8 atom stereocenters. The van der Waals surface area contributed by atoms with E-state index < -0.39 is 89.6 Å². The number of nitrogens with two attached hydrogens (primary N) is 6. The number of nitrogens with zero attached hydrogens (tertiary/aromatic N) is 4. The first kappa shape index (κ1) is 56.6. The largest absolute Gasteiger partial charge is 0.370 e. The summed E-state index contributed by atoms with van der Waals surface area (Å²) in [6.45, 7) is 0.684. The van der Waals surface area contributed by atoms with E-state index >= 15 is 0 Å². The first-order valence-electron chi connectivity index (χ1n) is 24.6. The predicted octanol–water partition coefficient (Wildman–Crippen LogP) is -2.09. The van der Waals surface area contributed by atoms with E-state index in [2.05, 4.69) is 36.6 Å². The highest BCUT2D eigenvalue weighted by Gasteiger charge is 2.45. The van der Waals surface area contributed by atoms with Gasteiger partial charge in [0.2, 0.25) is 47.3 Å². The van der Waals surface area contributed by atoms with E-state index in [9.17, 15) is 43.2 Å². The van der Waals surface area contributed by atoms with Gasteiger partial charge in [-0.2, -0.15) is 0 Å². The van der Waals surface area contributed by atoms with Crippen molar-refractivity contribution in [2.24, 2.45) is 50.3 Å². The lowest BCUT2D eigenvalue weighted by atomic mass is 9.84. The smallest absolute Gasteiger partial charge is 0.254 e. The van der Waals surface area contributed by atoms with E-state index in [4.69, 9.17) is 34.4 Å². The first-order chi connectivity index (χ1) is 34.4. The highest BCUT2D eigenvalue weighted by atomic mass is 33.1. The van der Waals surface area contributed by atoms with Crippen molar-refractivity contribution in [1.29, 1.82) is 0 Å². The average Bonchev–Trinajstić information content (AvgIpc) is 4.03. The molecule has 0 aromatic heterocycles. The van der Waals surface area contributed by atoms with Crippen molar-refractivity contribution >= 4 is 86.7 Å². The zero-order valence-electron chi connectivity index (χ0n) is 40.5. The lowest BCUT2D eigenvalue weighted by molar-refractivity contribution is -0.143. The van der Waals surface area contributed by atoms with E-state index in [1.54, 1.807) is 30.3 Å². The van der Waals surface area contributed by atoms with Gasteiger partial charge in [-0.1, -0.05) is 71.9 Å². The minimum atomic E-state index is -1.45. The molecule has 24 nitrogen and oxygen atoms in total. The molecular formula is C46H71N15O9S2. The molecule has 3 saturated heterocycles. The molecule has 4 fully saturated rings. The van der Waals surface area contributed by atoms with Gasteiger partial charge in [-0.15, -0.1) is 0 Å². The van der Waals surface area contributed by atoms with Gasteiger partial charge in [-0.3, -0.25) is 53.1 Å². The Morgan fingerprint density at radius 2 is 1.29 bits per heavy atom. The molecule has 1 aromatic rings. The number of primary amides is 2. The summed E-state index contributed by atoms with van der Waals surface area (Å²) in [5.41, 5.74) is 33.7. The molecule has 396 valence electrons. The zero-order chi connectivity index (χ0) is 52.3. The van der Waals surface area contributed by atoms with Gasteiger partial charge >= 0.3 is 0 Å². The van der Waals surface area contributed by atoms with Gasteiger partial charge < -0.3 is 70.8 Å². The minimum absolute atomic E-state index is 0.0135. The lowest BCUT2D eigenvalue weighted by Gasteiger charge is -2.33. The van der Waals surface area contributed by atoms with Gasteiger partial charge in [-0.25, -0.2) is 0 Å². The summed E-state index contributed by atoms with van der Waals surface area (Å²) >= 11 is 0. The molecule has 1 aromatic carbocycles. The van der Waals surface area contributed by atoms with Crippen LogP contribution in [0.5, 0.6) is 0 Å². The maximum Gasteiger partial charge on any atom is 0.254 e. The Morgan fingerprint density at radius 1 is 0.708 bits per heavy atom. The SMILES string of the molecule is NC(=O)CC[C@H](NC(=O)[C@@H](CCCN=C(N)N)NC(=O)[C@@H](CCCN=C(N)N)NC(=O)[C@@H]1CCCN1C(=O)c1ccccc1)C(=O)N[C@@H](CC1CCCCC1)C(=O)N1C[C@@H]2C[C@H]1C(=O)N[C@H](C(N)=O)CSS2. The number of benzene rings is 1. The molecule has 1 saturated carbocycles. The molecule has 17 N–H and O–H groups in total. The number of aliphatic imine (C=N–C) groups is 2. The third-order valence-electron chi connectivity index (χ3n) is 13.2. The summed E-state index contributed by atoms with van der Waals surface area (Å²) in [5, 5.41) is 13.6. The van der Waals surface area contributed by atoms with Crippen molar-refractivity contribution in [3.05, 3.63) is 35.9 Å². The van der Waals surface area contributed by atoms with Crippen LogP contribution >= 0.6 is 21.6 Å². The molecule has 5 rings (SSSR count). The Labute approximate surface area is 426 Å². The normalized spacial score (nSPS) is 21.7. The lowest BCUT2D eigenvalue weighted by Crippen LogP contribution is -2.60. The summed E-state index contributed by atoms with van der Waals surface area (Å²) in [4.78, 5) is 134. The molecule has 9 amide bonds. The Bertz CT molecular complexity index is 2160. The molecule has 0 spiro atoms. The number of hydrogen-bond acceptors (Lipinski definition) is 13. The van der Waals surface area contributed by atoms with Crippen LogP contribution in [0.4, 0.5) is 0 Å². The number of carbonyl (C=O) groups is 9. The van der Waals surface area contributed by atoms with E-state index in [0.717, 1.165) is 32.1 Å². The number of amides is 9. The van der Waals surface area contributed by atoms with Crippen LogP contribution in [-0.4, -0.2) is 154 Å².